The molecule has 2 amide bonds. The number of unbranched alkanes of at least 4 members (excludes halogenated alkanes) is 2. The number of carbonyl (C=O) groups is 3. The lowest BCUT2D eigenvalue weighted by Crippen LogP contribution is -2.46. The third kappa shape index (κ3) is 6.89. The number of amides is 2. The van der Waals surface area contributed by atoms with Crippen LogP contribution >= 0.6 is 0 Å². The van der Waals surface area contributed by atoms with Crippen LogP contribution in [0.2, 0.25) is 0 Å². The number of carboxylic acid groups (broad SMARTS) is 1. The van der Waals surface area contributed by atoms with E-state index in [4.69, 9.17) is 9.47 Å². The van der Waals surface area contributed by atoms with E-state index in [9.17, 15) is 24.6 Å². The lowest BCUT2D eigenvalue weighted by Gasteiger charge is -2.32. The molecule has 3 aliphatic rings. The molecule has 1 aromatic carbocycles. The number of hydrogen-bond donors (Lipinski definition) is 2. The summed E-state index contributed by atoms with van der Waals surface area (Å²) < 4.78 is 11.1. The Labute approximate surface area is 237 Å². The smallest absolute Gasteiger partial charge is 0.308 e. The number of ether oxygens (including phenoxy) is 2. The number of carbonyl (C=O) groups excluding carboxylic acids is 2. The van der Waals surface area contributed by atoms with Crippen molar-refractivity contribution in [3.8, 4) is 11.5 Å². The average molecular weight is 560 g/mol. The van der Waals surface area contributed by atoms with Crippen LogP contribution in [-0.4, -0.2) is 94.8 Å². The number of nitrogens with zero attached hydrogens (tertiary/aromatic N) is 3. The van der Waals surface area contributed by atoms with Crippen LogP contribution in [0.1, 0.15) is 82.3 Å². The Balaban J connectivity index is 1.62. The molecule has 2 N–H and O–H groups in total. The minimum atomic E-state index is -0.924. The Morgan fingerprint density at radius 2 is 1.85 bits per heavy atom. The van der Waals surface area contributed by atoms with Gasteiger partial charge in [0.15, 0.2) is 11.5 Å². The van der Waals surface area contributed by atoms with E-state index in [1.807, 2.05) is 20.8 Å². The molecule has 222 valence electrons. The summed E-state index contributed by atoms with van der Waals surface area (Å²) in [5, 5.41) is 20.5. The predicted octanol–water partition coefficient (Wildman–Crippen LogP) is 3.21. The fraction of sp³-hybridized carbons (Fsp3) is 0.700. The van der Waals surface area contributed by atoms with Gasteiger partial charge in [0, 0.05) is 56.7 Å². The lowest BCUT2D eigenvalue weighted by molar-refractivity contribution is -0.144. The van der Waals surface area contributed by atoms with E-state index in [2.05, 4.69) is 13.8 Å². The standard InChI is InChI=1S/C30H45N3O7/c1-3-5-11-31(12-6-4-2)27(36)18-33-17-23(21-15-22(19-34)29-25(16-21)39-20-40-29)28(30(37)38)24(33)10-14-32-13-8-7-9-26(32)35/h15-16,23-24,28,34H,3-14,17-20H2,1-2H3,(H,37,38)/t23-,24+,28-/m1/s1. The van der Waals surface area contributed by atoms with E-state index < -0.39 is 23.8 Å². The zero-order valence-corrected chi connectivity index (χ0v) is 24.0. The molecule has 0 spiro atoms. The molecule has 0 bridgehead atoms. The summed E-state index contributed by atoms with van der Waals surface area (Å²) in [6.07, 6.45) is 6.70. The van der Waals surface area contributed by atoms with Gasteiger partial charge in [0.25, 0.3) is 0 Å². The summed E-state index contributed by atoms with van der Waals surface area (Å²) in [6.45, 7) is 7.11. The molecule has 3 heterocycles. The van der Waals surface area contributed by atoms with Gasteiger partial charge in [-0.15, -0.1) is 0 Å². The van der Waals surface area contributed by atoms with Crippen molar-refractivity contribution in [3.63, 3.8) is 0 Å². The van der Waals surface area contributed by atoms with E-state index in [1.54, 1.807) is 6.07 Å². The average Bonchev–Trinajstić information content (AvgIpc) is 3.57. The van der Waals surface area contributed by atoms with E-state index in [0.29, 0.717) is 62.6 Å². The van der Waals surface area contributed by atoms with Crippen LogP contribution in [0.4, 0.5) is 0 Å². The normalized spacial score (nSPS) is 22.6. The van der Waals surface area contributed by atoms with Gasteiger partial charge in [-0.3, -0.25) is 19.3 Å². The molecule has 3 atom stereocenters. The summed E-state index contributed by atoms with van der Waals surface area (Å²) in [6, 6.07) is 3.20. The lowest BCUT2D eigenvalue weighted by atomic mass is 9.83. The van der Waals surface area contributed by atoms with Gasteiger partial charge in [-0.25, -0.2) is 0 Å². The largest absolute Gasteiger partial charge is 0.481 e. The highest BCUT2D eigenvalue weighted by molar-refractivity contribution is 5.79. The zero-order valence-electron chi connectivity index (χ0n) is 24.0. The number of aliphatic carboxylic acids is 1. The molecule has 4 rings (SSSR count). The number of fused-ring (bicyclic) bond motifs is 1. The number of aliphatic hydroxyl groups excluding tert-OH is 1. The highest BCUT2D eigenvalue weighted by Crippen LogP contribution is 2.44. The Hall–Kier alpha value is -2.85. The molecule has 0 saturated carbocycles. The predicted molar refractivity (Wildman–Crippen MR) is 149 cm³/mol. The van der Waals surface area contributed by atoms with Crippen molar-refractivity contribution in [3.05, 3.63) is 23.3 Å². The van der Waals surface area contributed by atoms with Crippen LogP contribution in [0.15, 0.2) is 12.1 Å². The van der Waals surface area contributed by atoms with E-state index >= 15 is 0 Å². The number of hydrogen-bond acceptors (Lipinski definition) is 7. The van der Waals surface area contributed by atoms with Gasteiger partial charge in [-0.05, 0) is 49.8 Å². The third-order valence-electron chi connectivity index (χ3n) is 8.57. The SMILES string of the molecule is CCCCN(CCCC)C(=O)CN1C[C@H](c2cc(CO)c3c(c2)OCO3)[C@@H](C(=O)O)[C@@H]1CCN1CCCCC1=O. The van der Waals surface area contributed by atoms with Gasteiger partial charge in [0.1, 0.15) is 0 Å². The Morgan fingerprint density at radius 3 is 2.50 bits per heavy atom. The molecule has 0 radical (unpaired) electrons. The first-order chi connectivity index (χ1) is 19.4. The van der Waals surface area contributed by atoms with Gasteiger partial charge in [0.2, 0.25) is 18.6 Å². The first-order valence-electron chi connectivity index (χ1n) is 14.9. The Morgan fingerprint density at radius 1 is 1.10 bits per heavy atom. The highest BCUT2D eigenvalue weighted by atomic mass is 16.7. The van der Waals surface area contributed by atoms with Crippen molar-refractivity contribution in [1.82, 2.24) is 14.7 Å². The van der Waals surface area contributed by atoms with Crippen molar-refractivity contribution < 1.29 is 34.1 Å². The van der Waals surface area contributed by atoms with E-state index in [0.717, 1.165) is 44.1 Å². The second-order valence-corrected chi connectivity index (χ2v) is 11.3. The van der Waals surface area contributed by atoms with Crippen LogP contribution < -0.4 is 9.47 Å². The third-order valence-corrected chi connectivity index (χ3v) is 8.57. The van der Waals surface area contributed by atoms with Crippen LogP contribution in [-0.2, 0) is 21.0 Å². The zero-order chi connectivity index (χ0) is 28.6. The van der Waals surface area contributed by atoms with Crippen LogP contribution in [0, 0.1) is 5.92 Å². The van der Waals surface area contributed by atoms with Gasteiger partial charge in [0.05, 0.1) is 19.1 Å². The van der Waals surface area contributed by atoms with Gasteiger partial charge in [-0.1, -0.05) is 26.7 Å². The van der Waals surface area contributed by atoms with Crippen molar-refractivity contribution >= 4 is 17.8 Å². The summed E-state index contributed by atoms with van der Waals surface area (Å²) in [5.41, 5.74) is 1.31. The Bertz CT molecular complexity index is 1040. The molecule has 0 aliphatic carbocycles. The van der Waals surface area contributed by atoms with Gasteiger partial charge < -0.3 is 29.5 Å². The van der Waals surface area contributed by atoms with Crippen molar-refractivity contribution in [2.45, 2.75) is 83.8 Å². The molecule has 0 unspecified atom stereocenters. The monoisotopic (exact) mass is 559 g/mol. The molecule has 2 saturated heterocycles. The maximum atomic E-state index is 13.6. The van der Waals surface area contributed by atoms with Crippen molar-refractivity contribution in [2.24, 2.45) is 5.92 Å². The summed E-state index contributed by atoms with van der Waals surface area (Å²) in [7, 11) is 0. The number of aliphatic hydroxyl groups is 1. The molecule has 10 heteroatoms. The maximum Gasteiger partial charge on any atom is 0.308 e. The summed E-state index contributed by atoms with van der Waals surface area (Å²) >= 11 is 0. The maximum absolute atomic E-state index is 13.6. The Kier molecular flexibility index (Phi) is 10.7. The molecular formula is C30H45N3O7. The van der Waals surface area contributed by atoms with Crippen LogP contribution in [0.5, 0.6) is 11.5 Å². The van der Waals surface area contributed by atoms with E-state index in [1.165, 1.54) is 0 Å². The van der Waals surface area contributed by atoms with Crippen molar-refractivity contribution in [2.75, 3.05) is 46.1 Å². The molecule has 3 aliphatic heterocycles. The first-order valence-corrected chi connectivity index (χ1v) is 14.9. The van der Waals surface area contributed by atoms with Crippen LogP contribution in [0.3, 0.4) is 0 Å². The molecule has 0 aromatic heterocycles. The first kappa shape index (κ1) is 30.1. The van der Waals surface area contributed by atoms with Gasteiger partial charge in [-0.2, -0.15) is 0 Å². The summed E-state index contributed by atoms with van der Waals surface area (Å²) in [4.78, 5) is 44.7. The van der Waals surface area contributed by atoms with Gasteiger partial charge >= 0.3 is 5.97 Å². The van der Waals surface area contributed by atoms with E-state index in [-0.39, 0.29) is 31.8 Å². The summed E-state index contributed by atoms with van der Waals surface area (Å²) in [5.74, 6) is -0.985. The van der Waals surface area contributed by atoms with Crippen molar-refractivity contribution in [1.29, 1.82) is 0 Å². The fourth-order valence-electron chi connectivity index (χ4n) is 6.35. The number of piperidine rings is 1. The van der Waals surface area contributed by atoms with Crippen LogP contribution in [0.25, 0.3) is 0 Å². The fourth-order valence-corrected chi connectivity index (χ4v) is 6.35. The minimum absolute atomic E-state index is 0.0208. The quantitative estimate of drug-likeness (QED) is 0.357. The molecule has 40 heavy (non-hydrogen) atoms. The minimum Gasteiger partial charge on any atom is -0.481 e. The number of carboxylic acids is 1. The number of likely N-dealkylation sites (tertiary alicyclic amines) is 2. The second kappa shape index (κ2) is 14.2. The topological polar surface area (TPSA) is 120 Å². The molecule has 2 fully saturated rings. The number of benzene rings is 1. The molecule has 10 nitrogen and oxygen atoms in total. The number of rotatable bonds is 14. The second-order valence-electron chi connectivity index (χ2n) is 11.3. The molecular weight excluding hydrogens is 514 g/mol. The highest BCUT2D eigenvalue weighted by Gasteiger charge is 2.47. The molecule has 1 aromatic rings.